The Balaban J connectivity index is 1.35. The van der Waals surface area contributed by atoms with Crippen LogP contribution in [0.5, 0.6) is 0 Å². The fourth-order valence-electron chi connectivity index (χ4n) is 5.84. The Morgan fingerprint density at radius 2 is 1.83 bits per heavy atom. The molecule has 0 spiro atoms. The summed E-state index contributed by atoms with van der Waals surface area (Å²) in [5.74, 6) is -3.36. The number of rotatable bonds is 8. The highest BCUT2D eigenvalue weighted by Gasteiger charge is 2.34. The first-order valence-corrected chi connectivity index (χ1v) is 13.9. The van der Waals surface area contributed by atoms with Gasteiger partial charge in [-0.1, -0.05) is 6.92 Å². The van der Waals surface area contributed by atoms with E-state index >= 15 is 8.78 Å². The summed E-state index contributed by atoms with van der Waals surface area (Å²) in [6.07, 6.45) is 5.18. The molecule has 1 saturated heterocycles. The summed E-state index contributed by atoms with van der Waals surface area (Å²) in [6, 6.07) is 5.85. The number of carbonyl (C=O) groups excluding carboxylic acids is 1. The number of aromatic nitrogens is 2. The largest absolute Gasteiger partial charge is 0.391 e. The quantitative estimate of drug-likeness (QED) is 0.372. The van der Waals surface area contributed by atoms with E-state index < -0.39 is 40.6 Å². The third-order valence-electron chi connectivity index (χ3n) is 8.09. The molecule has 3 aromatic rings. The summed E-state index contributed by atoms with van der Waals surface area (Å²) < 4.78 is 56.1. The van der Waals surface area contributed by atoms with Gasteiger partial charge in [-0.05, 0) is 84.5 Å². The second-order valence-electron chi connectivity index (χ2n) is 11.1. The Bertz CT molecular complexity index is 1360. The Kier molecular flexibility index (Phi) is 9.13. The van der Waals surface area contributed by atoms with E-state index in [9.17, 15) is 14.3 Å². The molecule has 1 aromatic carbocycles. The van der Waals surface area contributed by atoms with E-state index in [1.807, 2.05) is 13.0 Å². The summed E-state index contributed by atoms with van der Waals surface area (Å²) in [6.45, 7) is 3.10. The molecule has 2 aliphatic rings. The third kappa shape index (κ3) is 6.67. The number of aliphatic hydroxyl groups is 1. The molecular weight excluding hydrogens is 535 g/mol. The van der Waals surface area contributed by atoms with Crippen LogP contribution < -0.4 is 5.73 Å². The number of nitrogens with two attached hydrogens (primary N) is 1. The molecule has 5 rings (SSSR count). The van der Waals surface area contributed by atoms with Gasteiger partial charge in [0.15, 0.2) is 5.78 Å². The molecule has 4 atom stereocenters. The predicted molar refractivity (Wildman–Crippen MR) is 146 cm³/mol. The summed E-state index contributed by atoms with van der Waals surface area (Å²) in [5, 5.41) is 10.3. The fourth-order valence-corrected chi connectivity index (χ4v) is 5.84. The highest BCUT2D eigenvalue weighted by Crippen LogP contribution is 2.37. The van der Waals surface area contributed by atoms with Gasteiger partial charge < -0.3 is 20.3 Å². The van der Waals surface area contributed by atoms with Crippen molar-refractivity contribution in [1.29, 1.82) is 0 Å². The van der Waals surface area contributed by atoms with Crippen LogP contribution in [0.2, 0.25) is 0 Å². The van der Waals surface area contributed by atoms with Gasteiger partial charge in [0.25, 0.3) is 0 Å². The first-order valence-electron chi connectivity index (χ1n) is 13.9. The maximum atomic E-state index is 15.1. The van der Waals surface area contributed by atoms with Crippen LogP contribution in [0.4, 0.5) is 13.2 Å². The van der Waals surface area contributed by atoms with Crippen molar-refractivity contribution in [2.24, 2.45) is 11.7 Å². The van der Waals surface area contributed by atoms with Gasteiger partial charge in [-0.15, -0.1) is 0 Å². The minimum absolute atomic E-state index is 0.00427. The average Bonchev–Trinajstić information content (AvgIpc) is 2.96. The van der Waals surface area contributed by atoms with E-state index in [1.54, 1.807) is 12.4 Å². The van der Waals surface area contributed by atoms with Crippen molar-refractivity contribution in [3.63, 3.8) is 0 Å². The molecule has 3 N–H and O–H groups in total. The van der Waals surface area contributed by atoms with Gasteiger partial charge in [-0.25, -0.2) is 18.2 Å². The van der Waals surface area contributed by atoms with E-state index in [0.29, 0.717) is 44.5 Å². The third-order valence-corrected chi connectivity index (χ3v) is 8.09. The van der Waals surface area contributed by atoms with Crippen molar-refractivity contribution in [2.75, 3.05) is 13.2 Å². The topological polar surface area (TPSA) is 108 Å². The molecule has 1 aliphatic carbocycles. The fraction of sp³-hybridized carbons (Fsp3) is 0.452. The Labute approximate surface area is 236 Å². The van der Waals surface area contributed by atoms with Crippen LogP contribution in [-0.4, -0.2) is 52.3 Å². The molecule has 218 valence electrons. The first-order chi connectivity index (χ1) is 19.7. The lowest BCUT2D eigenvalue weighted by molar-refractivity contribution is -0.0391. The van der Waals surface area contributed by atoms with Gasteiger partial charge in [-0.2, -0.15) is 0 Å². The zero-order valence-corrected chi connectivity index (χ0v) is 22.9. The number of Topliss-reactive ketones (excluding diaryl/α,β-unsaturated/α-hetero) is 1. The Morgan fingerprint density at radius 3 is 2.54 bits per heavy atom. The van der Waals surface area contributed by atoms with Gasteiger partial charge >= 0.3 is 0 Å². The normalized spacial score (nSPS) is 23.5. The van der Waals surface area contributed by atoms with E-state index in [-0.39, 0.29) is 48.3 Å². The van der Waals surface area contributed by atoms with Crippen molar-refractivity contribution in [1.82, 2.24) is 9.97 Å². The van der Waals surface area contributed by atoms with Crippen LogP contribution in [0, 0.1) is 23.4 Å². The number of hydrogen-bond donors (Lipinski definition) is 2. The molecule has 2 fully saturated rings. The minimum Gasteiger partial charge on any atom is -0.391 e. The van der Waals surface area contributed by atoms with Crippen molar-refractivity contribution in [3.8, 4) is 11.3 Å². The zero-order chi connectivity index (χ0) is 29.1. The van der Waals surface area contributed by atoms with Crippen molar-refractivity contribution < 1.29 is 32.5 Å². The van der Waals surface area contributed by atoms with E-state index in [2.05, 4.69) is 9.97 Å². The second kappa shape index (κ2) is 12.8. The summed E-state index contributed by atoms with van der Waals surface area (Å²) in [4.78, 5) is 21.5. The molecule has 1 aliphatic heterocycles. The van der Waals surface area contributed by atoms with E-state index in [0.717, 1.165) is 23.8 Å². The number of ether oxygens (including phenoxy) is 2. The first kappa shape index (κ1) is 29.3. The van der Waals surface area contributed by atoms with Gasteiger partial charge in [0, 0.05) is 38.1 Å². The van der Waals surface area contributed by atoms with Crippen LogP contribution in [0.3, 0.4) is 0 Å². The van der Waals surface area contributed by atoms with Crippen LogP contribution in [0.25, 0.3) is 11.3 Å². The van der Waals surface area contributed by atoms with Crippen LogP contribution in [0.15, 0.2) is 42.7 Å². The molecular formula is C31H34F3N3O4. The van der Waals surface area contributed by atoms with Crippen molar-refractivity contribution in [3.05, 3.63) is 82.6 Å². The van der Waals surface area contributed by atoms with Crippen LogP contribution in [-0.2, 0) is 22.5 Å². The smallest absolute Gasteiger partial charge is 0.185 e. The standard InChI is InChI=1S/C31H34F3N3O4/c1-17-10-19(13-26(35)31(17)39)22-4-7-36-15-20(22)14-28(38)27-3-2-23(32)30(37-27)29-24(33)11-18(12-25(29)34)16-41-21-5-8-40-9-6-21/h2-4,7,11-12,15,17,19,21,26,31,39H,5-6,8-10,13-14,16,35H2,1H3/t17-,19+,26+,31+/m0/s1. The molecule has 41 heavy (non-hydrogen) atoms. The number of pyridine rings is 2. The van der Waals surface area contributed by atoms with Crippen LogP contribution in [0.1, 0.15) is 65.7 Å². The molecule has 0 bridgehead atoms. The summed E-state index contributed by atoms with van der Waals surface area (Å²) in [7, 11) is 0. The van der Waals surface area contributed by atoms with Crippen LogP contribution >= 0.6 is 0 Å². The number of hydrogen-bond acceptors (Lipinski definition) is 7. The van der Waals surface area contributed by atoms with Crippen molar-refractivity contribution >= 4 is 5.78 Å². The molecule has 3 heterocycles. The van der Waals surface area contributed by atoms with E-state index in [4.69, 9.17) is 15.2 Å². The Hall–Kier alpha value is -3.18. The average molecular weight is 570 g/mol. The predicted octanol–water partition coefficient (Wildman–Crippen LogP) is 4.88. The number of nitrogens with zero attached hydrogens (tertiary/aromatic N) is 2. The highest BCUT2D eigenvalue weighted by atomic mass is 19.1. The monoisotopic (exact) mass is 569 g/mol. The number of ketones is 1. The Morgan fingerprint density at radius 1 is 1.10 bits per heavy atom. The summed E-state index contributed by atoms with van der Waals surface area (Å²) >= 11 is 0. The summed E-state index contributed by atoms with van der Waals surface area (Å²) in [5.41, 5.74) is 6.67. The van der Waals surface area contributed by atoms with Gasteiger partial charge in [0.05, 0.1) is 24.4 Å². The number of aliphatic hydroxyl groups excluding tert-OH is 1. The number of carbonyl (C=O) groups is 1. The molecule has 0 radical (unpaired) electrons. The van der Waals surface area contributed by atoms with Gasteiger partial charge in [-0.3, -0.25) is 9.78 Å². The van der Waals surface area contributed by atoms with E-state index in [1.165, 1.54) is 6.07 Å². The molecule has 0 amide bonds. The number of benzene rings is 1. The lowest BCUT2D eigenvalue weighted by atomic mass is 9.74. The minimum atomic E-state index is -0.994. The van der Waals surface area contributed by atoms with Gasteiger partial charge in [0.1, 0.15) is 28.8 Å². The maximum Gasteiger partial charge on any atom is 0.185 e. The molecule has 1 saturated carbocycles. The molecule has 0 unspecified atom stereocenters. The lowest BCUT2D eigenvalue weighted by Gasteiger charge is -2.36. The highest BCUT2D eigenvalue weighted by molar-refractivity contribution is 5.96. The van der Waals surface area contributed by atoms with Crippen molar-refractivity contribution in [2.45, 2.75) is 69.8 Å². The zero-order valence-electron chi connectivity index (χ0n) is 22.9. The van der Waals surface area contributed by atoms with Gasteiger partial charge in [0.2, 0.25) is 0 Å². The second-order valence-corrected chi connectivity index (χ2v) is 11.1. The lowest BCUT2D eigenvalue weighted by Crippen LogP contribution is -2.44. The molecule has 2 aromatic heterocycles. The molecule has 7 nitrogen and oxygen atoms in total. The number of halogens is 3. The maximum absolute atomic E-state index is 15.1. The SMILES string of the molecule is C[C@H]1C[C@@H](c2ccncc2CC(=O)c2ccc(F)c(-c3c(F)cc(COC4CCOCC4)cc3F)n2)C[C@@H](N)[C@@H]1O. The molecule has 10 heteroatoms.